The van der Waals surface area contributed by atoms with E-state index in [4.69, 9.17) is 4.74 Å². The monoisotopic (exact) mass is 415 g/mol. The van der Waals surface area contributed by atoms with Crippen molar-refractivity contribution in [3.05, 3.63) is 71.3 Å². The van der Waals surface area contributed by atoms with E-state index in [1.165, 1.54) is 11.8 Å². The number of sulfone groups is 1. The van der Waals surface area contributed by atoms with Gasteiger partial charge in [-0.2, -0.15) is 0 Å². The summed E-state index contributed by atoms with van der Waals surface area (Å²) >= 11 is 0. The fourth-order valence-electron chi connectivity index (χ4n) is 3.51. The van der Waals surface area contributed by atoms with Gasteiger partial charge in [0, 0.05) is 13.1 Å². The molecule has 7 heteroatoms. The first-order valence-corrected chi connectivity index (χ1v) is 11.4. The Hall–Kier alpha value is -2.67. The molecule has 1 fully saturated rings. The second kappa shape index (κ2) is 8.78. The van der Waals surface area contributed by atoms with Crippen molar-refractivity contribution >= 4 is 21.7 Å². The summed E-state index contributed by atoms with van der Waals surface area (Å²) < 4.78 is 28.8. The number of nitrogens with zero attached hydrogens (tertiary/aromatic N) is 1. The third-order valence-electron chi connectivity index (χ3n) is 5.21. The summed E-state index contributed by atoms with van der Waals surface area (Å²) in [6.45, 7) is 1.51. The van der Waals surface area contributed by atoms with Crippen molar-refractivity contribution in [2.24, 2.45) is 0 Å². The number of benzene rings is 2. The SMILES string of the molecule is CC(OC(=O)c1ccccc1Cc1ccccc1)C(=O)N(C)C1CCS(=O)(=O)C1. The van der Waals surface area contributed by atoms with Gasteiger partial charge < -0.3 is 9.64 Å². The van der Waals surface area contributed by atoms with Gasteiger partial charge in [0.05, 0.1) is 17.1 Å². The van der Waals surface area contributed by atoms with Crippen molar-refractivity contribution in [1.82, 2.24) is 4.90 Å². The van der Waals surface area contributed by atoms with E-state index in [1.54, 1.807) is 19.2 Å². The van der Waals surface area contributed by atoms with E-state index in [2.05, 4.69) is 0 Å². The summed E-state index contributed by atoms with van der Waals surface area (Å²) in [6, 6.07) is 16.6. The summed E-state index contributed by atoms with van der Waals surface area (Å²) in [5, 5.41) is 0. The first kappa shape index (κ1) is 21.0. The van der Waals surface area contributed by atoms with Crippen molar-refractivity contribution in [3.63, 3.8) is 0 Å². The van der Waals surface area contributed by atoms with E-state index >= 15 is 0 Å². The fraction of sp³-hybridized carbons (Fsp3) is 0.364. The highest BCUT2D eigenvalue weighted by Crippen LogP contribution is 2.19. The van der Waals surface area contributed by atoms with Crippen LogP contribution in [0.2, 0.25) is 0 Å². The van der Waals surface area contributed by atoms with Gasteiger partial charge in [-0.15, -0.1) is 0 Å². The highest BCUT2D eigenvalue weighted by atomic mass is 32.2. The Kier molecular flexibility index (Phi) is 6.37. The van der Waals surface area contributed by atoms with Crippen LogP contribution in [-0.4, -0.2) is 55.9 Å². The molecule has 0 saturated carbocycles. The Morgan fingerprint density at radius 3 is 2.41 bits per heavy atom. The molecule has 1 amide bonds. The molecule has 2 aromatic carbocycles. The third-order valence-corrected chi connectivity index (χ3v) is 6.96. The fourth-order valence-corrected chi connectivity index (χ4v) is 5.29. The highest BCUT2D eigenvalue weighted by molar-refractivity contribution is 7.91. The third kappa shape index (κ3) is 5.23. The van der Waals surface area contributed by atoms with Crippen molar-refractivity contribution < 1.29 is 22.7 Å². The minimum Gasteiger partial charge on any atom is -0.449 e. The van der Waals surface area contributed by atoms with E-state index in [1.807, 2.05) is 42.5 Å². The van der Waals surface area contributed by atoms with Gasteiger partial charge in [0.15, 0.2) is 15.9 Å². The number of likely N-dealkylation sites (N-methyl/N-ethyl adjacent to an activating group) is 1. The van der Waals surface area contributed by atoms with Gasteiger partial charge in [-0.05, 0) is 37.0 Å². The molecule has 2 atom stereocenters. The number of rotatable bonds is 6. The Morgan fingerprint density at radius 1 is 1.10 bits per heavy atom. The van der Waals surface area contributed by atoms with Crippen molar-refractivity contribution in [2.75, 3.05) is 18.6 Å². The maximum Gasteiger partial charge on any atom is 0.339 e. The average molecular weight is 416 g/mol. The topological polar surface area (TPSA) is 80.8 Å². The molecule has 154 valence electrons. The van der Waals surface area contributed by atoms with E-state index < -0.39 is 27.8 Å². The van der Waals surface area contributed by atoms with E-state index in [-0.39, 0.29) is 17.5 Å². The number of hydrogen-bond donors (Lipinski definition) is 0. The van der Waals surface area contributed by atoms with Gasteiger partial charge in [0.1, 0.15) is 0 Å². The molecular formula is C22H25NO5S. The molecule has 29 heavy (non-hydrogen) atoms. The number of ether oxygens (including phenoxy) is 1. The van der Waals surface area contributed by atoms with Crippen LogP contribution in [0, 0.1) is 0 Å². The van der Waals surface area contributed by atoms with Gasteiger partial charge in [-0.25, -0.2) is 13.2 Å². The Bertz CT molecular complexity index is 987. The Morgan fingerprint density at radius 2 is 1.76 bits per heavy atom. The van der Waals surface area contributed by atoms with Crippen LogP contribution in [0.4, 0.5) is 0 Å². The second-order valence-electron chi connectivity index (χ2n) is 7.37. The lowest BCUT2D eigenvalue weighted by Gasteiger charge is -2.26. The van der Waals surface area contributed by atoms with Gasteiger partial charge in [-0.3, -0.25) is 4.79 Å². The highest BCUT2D eigenvalue weighted by Gasteiger charge is 2.35. The van der Waals surface area contributed by atoms with Crippen LogP contribution in [0.25, 0.3) is 0 Å². The molecule has 1 heterocycles. The summed E-state index contributed by atoms with van der Waals surface area (Å²) in [4.78, 5) is 26.8. The van der Waals surface area contributed by atoms with Crippen LogP contribution in [0.1, 0.15) is 34.8 Å². The Balaban J connectivity index is 1.67. The molecule has 2 unspecified atom stereocenters. The predicted octanol–water partition coefficient (Wildman–Crippen LogP) is 2.47. The summed E-state index contributed by atoms with van der Waals surface area (Å²) in [6.07, 6.45) is -0.0139. The van der Waals surface area contributed by atoms with E-state index in [0.29, 0.717) is 18.4 Å². The molecule has 0 radical (unpaired) electrons. The minimum absolute atomic E-state index is 0.0458. The number of amides is 1. The lowest BCUT2D eigenvalue weighted by molar-refractivity contribution is -0.140. The van der Waals surface area contributed by atoms with E-state index in [9.17, 15) is 18.0 Å². The quantitative estimate of drug-likeness (QED) is 0.677. The molecule has 0 aromatic heterocycles. The lowest BCUT2D eigenvalue weighted by atomic mass is 10.00. The van der Waals surface area contributed by atoms with Gasteiger partial charge >= 0.3 is 5.97 Å². The average Bonchev–Trinajstić information content (AvgIpc) is 3.07. The van der Waals surface area contributed by atoms with Crippen LogP contribution in [0.3, 0.4) is 0 Å². The summed E-state index contributed by atoms with van der Waals surface area (Å²) in [5.74, 6) is -0.933. The van der Waals surface area contributed by atoms with Crippen LogP contribution in [0.15, 0.2) is 54.6 Å². The number of esters is 1. The Labute approximate surface area is 171 Å². The predicted molar refractivity (Wildman–Crippen MR) is 110 cm³/mol. The molecule has 1 aliphatic heterocycles. The molecule has 1 aliphatic rings. The first-order valence-electron chi connectivity index (χ1n) is 9.57. The minimum atomic E-state index is -3.10. The van der Waals surface area contributed by atoms with Crippen LogP contribution in [0.5, 0.6) is 0 Å². The van der Waals surface area contributed by atoms with Crippen LogP contribution < -0.4 is 0 Å². The maximum atomic E-state index is 12.7. The van der Waals surface area contributed by atoms with E-state index in [0.717, 1.165) is 11.1 Å². The smallest absolute Gasteiger partial charge is 0.339 e. The number of hydrogen-bond acceptors (Lipinski definition) is 5. The molecule has 0 spiro atoms. The van der Waals surface area contributed by atoms with Crippen molar-refractivity contribution in [3.8, 4) is 0 Å². The van der Waals surface area contributed by atoms with Crippen LogP contribution in [-0.2, 0) is 25.8 Å². The molecule has 2 aromatic rings. The van der Waals surface area contributed by atoms with Gasteiger partial charge in [0.2, 0.25) is 0 Å². The molecule has 0 aliphatic carbocycles. The van der Waals surface area contributed by atoms with Crippen LogP contribution >= 0.6 is 0 Å². The molecular weight excluding hydrogens is 390 g/mol. The lowest BCUT2D eigenvalue weighted by Crippen LogP contribution is -2.44. The summed E-state index contributed by atoms with van der Waals surface area (Å²) in [7, 11) is -1.55. The molecule has 3 rings (SSSR count). The second-order valence-corrected chi connectivity index (χ2v) is 9.60. The number of carbonyl (C=O) groups is 2. The molecule has 0 bridgehead atoms. The van der Waals surface area contributed by atoms with Crippen molar-refractivity contribution in [2.45, 2.75) is 31.9 Å². The zero-order valence-corrected chi connectivity index (χ0v) is 17.4. The maximum absolute atomic E-state index is 12.7. The molecule has 1 saturated heterocycles. The number of carbonyl (C=O) groups excluding carboxylic acids is 2. The largest absolute Gasteiger partial charge is 0.449 e. The molecule has 0 N–H and O–H groups in total. The zero-order valence-electron chi connectivity index (χ0n) is 16.6. The standard InChI is InChI=1S/C22H25NO5S/c1-16(21(24)23(2)19-12-13-29(26,27)15-19)28-22(25)20-11-7-6-10-18(20)14-17-8-4-3-5-9-17/h3-11,16,19H,12-15H2,1-2H3. The van der Waals surface area contributed by atoms with Crippen molar-refractivity contribution in [1.29, 1.82) is 0 Å². The zero-order chi connectivity index (χ0) is 21.0. The van der Waals surface area contributed by atoms with Gasteiger partial charge in [-0.1, -0.05) is 48.5 Å². The normalized spacial score (nSPS) is 18.8. The summed E-state index contributed by atoms with van der Waals surface area (Å²) in [5.41, 5.74) is 2.31. The first-order chi connectivity index (χ1) is 13.8. The molecule has 6 nitrogen and oxygen atoms in total. The van der Waals surface area contributed by atoms with Gasteiger partial charge in [0.25, 0.3) is 5.91 Å².